The van der Waals surface area contributed by atoms with Gasteiger partial charge in [0.1, 0.15) is 31.6 Å². The lowest BCUT2D eigenvalue weighted by Gasteiger charge is -2.33. The molecule has 3 aromatic rings. The fourth-order valence-corrected chi connectivity index (χ4v) is 7.02. The summed E-state index contributed by atoms with van der Waals surface area (Å²) in [6.07, 6.45) is 5.48. The summed E-state index contributed by atoms with van der Waals surface area (Å²) in [6.45, 7) is 1.88. The van der Waals surface area contributed by atoms with Gasteiger partial charge in [-0.05, 0) is 68.1 Å². The minimum atomic E-state index is -4.34. The van der Waals surface area contributed by atoms with Crippen LogP contribution in [0, 0.1) is 5.82 Å². The number of sulfonamides is 1. The summed E-state index contributed by atoms with van der Waals surface area (Å²) in [6, 6.07) is 17.9. The van der Waals surface area contributed by atoms with E-state index in [9.17, 15) is 22.4 Å². The van der Waals surface area contributed by atoms with Crippen molar-refractivity contribution in [2.45, 2.75) is 62.4 Å². The van der Waals surface area contributed by atoms with Gasteiger partial charge in [0.2, 0.25) is 11.8 Å². The maximum absolute atomic E-state index is 14.1. The molecule has 0 saturated heterocycles. The van der Waals surface area contributed by atoms with Gasteiger partial charge >= 0.3 is 0 Å². The average Bonchev–Trinajstić information content (AvgIpc) is 3.04. The van der Waals surface area contributed by atoms with Crippen molar-refractivity contribution in [3.63, 3.8) is 0 Å². The Hall–Kier alpha value is -4.12. The molecule has 1 fully saturated rings. The fourth-order valence-electron chi connectivity index (χ4n) is 5.59. The van der Waals surface area contributed by atoms with Crippen LogP contribution in [0.2, 0.25) is 0 Å². The predicted octanol–water partition coefficient (Wildman–Crippen LogP) is 4.70. The van der Waals surface area contributed by atoms with Crippen LogP contribution in [0.25, 0.3) is 0 Å². The van der Waals surface area contributed by atoms with E-state index in [-0.39, 0.29) is 41.4 Å². The number of carbonyl (C=O) groups is 2. The number of nitrogens with one attached hydrogen (secondary N) is 1. The maximum atomic E-state index is 14.1. The van der Waals surface area contributed by atoms with Crippen LogP contribution in [-0.2, 0) is 26.0 Å². The van der Waals surface area contributed by atoms with Gasteiger partial charge in [0.05, 0.1) is 10.6 Å². The average molecular weight is 624 g/mol. The molecule has 1 aliphatic carbocycles. The Labute approximate surface area is 258 Å². The first-order valence-electron chi connectivity index (χ1n) is 15.0. The van der Waals surface area contributed by atoms with Crippen LogP contribution in [0.5, 0.6) is 11.5 Å². The molecule has 2 amide bonds. The third kappa shape index (κ3) is 7.50. The summed E-state index contributed by atoms with van der Waals surface area (Å²) in [5, 5.41) is 3.10. The highest BCUT2D eigenvalue weighted by Gasteiger charge is 2.33. The van der Waals surface area contributed by atoms with Gasteiger partial charge in [-0.25, -0.2) is 12.8 Å². The van der Waals surface area contributed by atoms with E-state index in [0.29, 0.717) is 18.8 Å². The Balaban J connectivity index is 1.44. The molecule has 0 bridgehead atoms. The van der Waals surface area contributed by atoms with Gasteiger partial charge in [-0.1, -0.05) is 49.6 Å². The van der Waals surface area contributed by atoms with Gasteiger partial charge in [-0.15, -0.1) is 0 Å². The third-order valence-corrected chi connectivity index (χ3v) is 9.87. The number of amides is 2. The first kappa shape index (κ1) is 31.3. The molecule has 234 valence electrons. The fraction of sp³-hybridized carbons (Fsp3) is 0.394. The Bertz CT molecular complexity index is 1550. The molecule has 44 heavy (non-hydrogen) atoms. The summed E-state index contributed by atoms with van der Waals surface area (Å²) < 4.78 is 54.1. The number of benzene rings is 3. The molecule has 1 unspecified atom stereocenters. The number of hydrogen-bond acceptors (Lipinski definition) is 6. The number of hydrogen-bond donors (Lipinski definition) is 1. The van der Waals surface area contributed by atoms with Gasteiger partial charge in [0, 0.05) is 18.7 Å². The highest BCUT2D eigenvalue weighted by molar-refractivity contribution is 7.92. The number of halogens is 1. The number of carbonyl (C=O) groups excluding carboxylic acids is 2. The minimum absolute atomic E-state index is 0.0519. The molecule has 11 heteroatoms. The van der Waals surface area contributed by atoms with Crippen LogP contribution >= 0.6 is 0 Å². The van der Waals surface area contributed by atoms with E-state index in [0.717, 1.165) is 54.1 Å². The first-order valence-corrected chi connectivity index (χ1v) is 16.5. The predicted molar refractivity (Wildman–Crippen MR) is 165 cm³/mol. The van der Waals surface area contributed by atoms with E-state index in [2.05, 4.69) is 5.32 Å². The quantitative estimate of drug-likeness (QED) is 0.332. The summed E-state index contributed by atoms with van der Waals surface area (Å²) in [5.41, 5.74) is 1.08. The van der Waals surface area contributed by atoms with Crippen molar-refractivity contribution in [2.75, 3.05) is 30.6 Å². The summed E-state index contributed by atoms with van der Waals surface area (Å²) in [4.78, 5) is 28.8. The van der Waals surface area contributed by atoms with Crippen molar-refractivity contribution >= 4 is 27.5 Å². The smallest absolute Gasteiger partial charge is 0.264 e. The molecule has 9 nitrogen and oxygen atoms in total. The van der Waals surface area contributed by atoms with Gasteiger partial charge in [0.15, 0.2) is 11.5 Å². The number of fused-ring (bicyclic) bond motifs is 1. The number of ether oxygens (including phenoxy) is 2. The van der Waals surface area contributed by atoms with Crippen LogP contribution in [0.15, 0.2) is 77.7 Å². The van der Waals surface area contributed by atoms with Crippen molar-refractivity contribution in [1.29, 1.82) is 0 Å². The van der Waals surface area contributed by atoms with Crippen LogP contribution in [-0.4, -0.2) is 63.5 Å². The zero-order valence-corrected chi connectivity index (χ0v) is 25.6. The Morgan fingerprint density at radius 1 is 0.932 bits per heavy atom. The molecule has 5 rings (SSSR count). The van der Waals surface area contributed by atoms with E-state index in [4.69, 9.17) is 9.47 Å². The number of nitrogens with zero attached hydrogens (tertiary/aromatic N) is 2. The van der Waals surface area contributed by atoms with Crippen LogP contribution in [0.1, 0.15) is 44.6 Å². The molecule has 1 aliphatic heterocycles. The highest BCUT2D eigenvalue weighted by atomic mass is 32.2. The van der Waals surface area contributed by atoms with Crippen molar-refractivity contribution in [3.8, 4) is 11.5 Å². The molecule has 0 spiro atoms. The largest absolute Gasteiger partial charge is 0.486 e. The molecule has 2 aliphatic rings. The standard InChI is InChI=1S/C33H38FN3O6S/c1-24(33(39)35-27-10-6-3-7-11-27)36(19-18-25-8-4-2-5-9-25)32(38)23-37(28-14-12-26(34)13-15-28)44(40,41)29-16-17-30-31(22-29)43-21-20-42-30/h2,4-5,8-9,12-17,22,24,27H,3,6-7,10-11,18-21,23H2,1H3,(H,35,39). The molecule has 1 N–H and O–H groups in total. The molecule has 1 heterocycles. The molecule has 0 radical (unpaired) electrons. The SMILES string of the molecule is CC(C(=O)NC1CCCCC1)N(CCc1ccccc1)C(=O)CN(c1ccc(F)cc1)S(=O)(=O)c1ccc2c(c1)OCCO2. The van der Waals surface area contributed by atoms with E-state index < -0.39 is 34.3 Å². The van der Waals surface area contributed by atoms with Gasteiger partial charge < -0.3 is 19.7 Å². The van der Waals surface area contributed by atoms with Crippen molar-refractivity contribution in [3.05, 3.63) is 84.2 Å². The van der Waals surface area contributed by atoms with Crippen LogP contribution < -0.4 is 19.1 Å². The van der Waals surface area contributed by atoms with Gasteiger partial charge in [-0.2, -0.15) is 0 Å². The molecule has 1 atom stereocenters. The monoisotopic (exact) mass is 623 g/mol. The Kier molecular flexibility index (Phi) is 10.0. The normalized spacial score (nSPS) is 15.7. The summed E-state index contributed by atoms with van der Waals surface area (Å²) in [7, 11) is -4.34. The third-order valence-electron chi connectivity index (χ3n) is 8.10. The lowest BCUT2D eigenvalue weighted by Crippen LogP contribution is -2.53. The van der Waals surface area contributed by atoms with E-state index >= 15 is 0 Å². The van der Waals surface area contributed by atoms with E-state index in [1.807, 2.05) is 30.3 Å². The van der Waals surface area contributed by atoms with Gasteiger partial charge in [0.25, 0.3) is 10.0 Å². The second kappa shape index (κ2) is 14.1. The zero-order valence-electron chi connectivity index (χ0n) is 24.8. The maximum Gasteiger partial charge on any atom is 0.264 e. The lowest BCUT2D eigenvalue weighted by molar-refractivity contribution is -0.139. The molecule has 1 saturated carbocycles. The Morgan fingerprint density at radius 3 is 2.32 bits per heavy atom. The number of rotatable bonds is 11. The van der Waals surface area contributed by atoms with Crippen molar-refractivity contribution in [2.24, 2.45) is 0 Å². The van der Waals surface area contributed by atoms with Crippen molar-refractivity contribution in [1.82, 2.24) is 10.2 Å². The van der Waals surface area contributed by atoms with Crippen LogP contribution in [0.3, 0.4) is 0 Å². The van der Waals surface area contributed by atoms with Crippen molar-refractivity contribution < 1.29 is 31.9 Å². The second-order valence-corrected chi connectivity index (χ2v) is 13.0. The minimum Gasteiger partial charge on any atom is -0.486 e. The molecular formula is C33H38FN3O6S. The van der Waals surface area contributed by atoms with Crippen LogP contribution in [0.4, 0.5) is 10.1 Å². The summed E-state index contributed by atoms with van der Waals surface area (Å²) in [5.74, 6) is -0.682. The van der Waals surface area contributed by atoms with E-state index in [1.54, 1.807) is 6.92 Å². The number of anilines is 1. The topological polar surface area (TPSA) is 105 Å². The zero-order chi connectivity index (χ0) is 31.1. The van der Waals surface area contributed by atoms with E-state index in [1.165, 1.54) is 35.2 Å². The molecule has 0 aromatic heterocycles. The summed E-state index contributed by atoms with van der Waals surface area (Å²) >= 11 is 0. The first-order chi connectivity index (χ1) is 21.2. The molecule has 3 aromatic carbocycles. The van der Waals surface area contributed by atoms with Gasteiger partial charge in [-0.3, -0.25) is 13.9 Å². The lowest BCUT2D eigenvalue weighted by atomic mass is 9.95. The highest BCUT2D eigenvalue weighted by Crippen LogP contribution is 2.34. The molecular weight excluding hydrogens is 585 g/mol. The second-order valence-electron chi connectivity index (χ2n) is 11.1. The Morgan fingerprint density at radius 2 is 1.61 bits per heavy atom.